The highest BCUT2D eigenvalue weighted by Crippen LogP contribution is 2.22. The van der Waals surface area contributed by atoms with Crippen molar-refractivity contribution in [3.05, 3.63) is 97.9 Å². The van der Waals surface area contributed by atoms with Crippen molar-refractivity contribution in [1.29, 1.82) is 0 Å². The van der Waals surface area contributed by atoms with Crippen molar-refractivity contribution in [2.45, 2.75) is 20.5 Å². The van der Waals surface area contributed by atoms with E-state index in [-0.39, 0.29) is 28.5 Å². The highest BCUT2D eigenvalue weighted by atomic mass is 35.5. The Bertz CT molecular complexity index is 1460. The second-order valence-corrected chi connectivity index (χ2v) is 7.63. The van der Waals surface area contributed by atoms with Crippen LogP contribution in [0.2, 0.25) is 5.02 Å². The van der Waals surface area contributed by atoms with Crippen LogP contribution in [-0.2, 0) is 11.3 Å². The molecule has 33 heavy (non-hydrogen) atoms. The molecule has 4 rings (SSSR count). The number of aryl methyl sites for hydroxylation is 1. The van der Waals surface area contributed by atoms with E-state index in [0.717, 1.165) is 10.6 Å². The lowest BCUT2D eigenvalue weighted by Gasteiger charge is -2.12. The van der Waals surface area contributed by atoms with Crippen LogP contribution in [0.15, 0.2) is 57.8 Å². The summed E-state index contributed by atoms with van der Waals surface area (Å²) in [5.74, 6) is -1.28. The van der Waals surface area contributed by atoms with E-state index in [1.165, 1.54) is 18.2 Å². The van der Waals surface area contributed by atoms with Crippen LogP contribution in [0, 0.1) is 19.7 Å². The van der Waals surface area contributed by atoms with Gasteiger partial charge in [-0.3, -0.25) is 9.59 Å². The summed E-state index contributed by atoms with van der Waals surface area (Å²) in [6.45, 7) is 3.11. The Labute approximate surface area is 191 Å². The summed E-state index contributed by atoms with van der Waals surface area (Å²) >= 11 is 5.74. The van der Waals surface area contributed by atoms with Crippen LogP contribution in [0.4, 0.5) is 10.1 Å². The number of hydrogen-bond acceptors (Lipinski definition) is 6. The second kappa shape index (κ2) is 8.87. The fourth-order valence-corrected chi connectivity index (χ4v) is 3.37. The van der Waals surface area contributed by atoms with Crippen molar-refractivity contribution in [3.8, 4) is 0 Å². The summed E-state index contributed by atoms with van der Waals surface area (Å²) in [7, 11) is 0. The van der Waals surface area contributed by atoms with Crippen molar-refractivity contribution in [2.75, 3.05) is 5.32 Å². The van der Waals surface area contributed by atoms with E-state index < -0.39 is 23.3 Å². The van der Waals surface area contributed by atoms with Crippen LogP contribution in [0.25, 0.3) is 5.65 Å². The molecule has 0 aliphatic heterocycles. The summed E-state index contributed by atoms with van der Waals surface area (Å²) in [5, 5.41) is 2.51. The molecule has 0 radical (unpaired) electrons. The van der Waals surface area contributed by atoms with Gasteiger partial charge in [-0.15, -0.1) is 4.57 Å². The molecule has 2 heterocycles. The second-order valence-electron chi connectivity index (χ2n) is 7.22. The molecule has 0 fully saturated rings. The molecule has 0 atom stereocenters. The molecule has 0 bridgehead atoms. The van der Waals surface area contributed by atoms with Gasteiger partial charge in [0.1, 0.15) is 18.2 Å². The first-order valence-electron chi connectivity index (χ1n) is 9.75. The van der Waals surface area contributed by atoms with Crippen molar-refractivity contribution in [1.82, 2.24) is 9.56 Å². The van der Waals surface area contributed by atoms with Gasteiger partial charge in [-0.25, -0.2) is 14.2 Å². The minimum atomic E-state index is -0.654. The maximum absolute atomic E-state index is 13.3. The smallest absolute Gasteiger partial charge is 0.338 e. The third-order valence-electron chi connectivity index (χ3n) is 4.86. The molecule has 0 unspecified atom stereocenters. The van der Waals surface area contributed by atoms with Gasteiger partial charge < -0.3 is 14.6 Å². The van der Waals surface area contributed by atoms with Crippen LogP contribution >= 0.6 is 11.6 Å². The third-order valence-corrected chi connectivity index (χ3v) is 5.15. The number of aromatic nitrogens is 2. The Morgan fingerprint density at radius 2 is 1.97 bits per heavy atom. The number of carbonyl (C=O) groups is 2. The number of nitrogens with zero attached hydrogens (tertiary/aromatic N) is 2. The van der Waals surface area contributed by atoms with E-state index in [2.05, 4.69) is 10.3 Å². The maximum atomic E-state index is 13.3. The fourth-order valence-electron chi connectivity index (χ4n) is 3.19. The molecule has 2 aromatic carbocycles. The van der Waals surface area contributed by atoms with E-state index >= 15 is 0 Å². The number of benzene rings is 2. The number of halogens is 2. The SMILES string of the molecule is Cc1cc2nc(COC(=O)c3cccc(NC(=O)c4ccc(F)c(Cl)c4)c3C)cc(=O)n2o1. The number of carbonyl (C=O) groups excluding carboxylic acids is 2. The van der Waals surface area contributed by atoms with Crippen LogP contribution in [-0.4, -0.2) is 21.4 Å². The van der Waals surface area contributed by atoms with E-state index in [4.69, 9.17) is 20.9 Å². The molecule has 1 N–H and O–H groups in total. The average Bonchev–Trinajstić information content (AvgIpc) is 3.16. The predicted octanol–water partition coefficient (Wildman–Crippen LogP) is 4.31. The first-order chi connectivity index (χ1) is 15.7. The topological polar surface area (TPSA) is 103 Å². The van der Waals surface area contributed by atoms with Gasteiger partial charge in [-0.05, 0) is 49.7 Å². The number of rotatable bonds is 5. The largest absolute Gasteiger partial charge is 0.456 e. The molecular weight excluding hydrogens is 453 g/mol. The summed E-state index contributed by atoms with van der Waals surface area (Å²) < 4.78 is 24.9. The van der Waals surface area contributed by atoms with Gasteiger partial charge in [0.25, 0.3) is 11.5 Å². The van der Waals surface area contributed by atoms with Crippen LogP contribution in [0.3, 0.4) is 0 Å². The minimum Gasteiger partial charge on any atom is -0.456 e. The molecule has 0 aliphatic carbocycles. The number of nitrogens with one attached hydrogen (secondary N) is 1. The number of hydrogen-bond donors (Lipinski definition) is 1. The summed E-state index contributed by atoms with van der Waals surface area (Å²) in [5.41, 5.74) is 1.38. The zero-order valence-corrected chi connectivity index (χ0v) is 18.3. The molecule has 0 spiro atoms. The highest BCUT2D eigenvalue weighted by Gasteiger charge is 2.17. The molecule has 2 aromatic heterocycles. The van der Waals surface area contributed by atoms with Gasteiger partial charge in [0.15, 0.2) is 5.65 Å². The highest BCUT2D eigenvalue weighted by molar-refractivity contribution is 6.31. The predicted molar refractivity (Wildman–Crippen MR) is 118 cm³/mol. The lowest BCUT2D eigenvalue weighted by Crippen LogP contribution is -2.16. The van der Waals surface area contributed by atoms with Crippen LogP contribution < -0.4 is 10.9 Å². The molecule has 0 aliphatic rings. The molecule has 8 nitrogen and oxygen atoms in total. The van der Waals surface area contributed by atoms with Gasteiger partial charge >= 0.3 is 5.97 Å². The van der Waals surface area contributed by atoms with Crippen molar-refractivity contribution >= 4 is 34.8 Å². The van der Waals surface area contributed by atoms with E-state index in [9.17, 15) is 18.8 Å². The van der Waals surface area contributed by atoms with Gasteiger partial charge in [0.05, 0.1) is 16.3 Å². The molecule has 168 valence electrons. The lowest BCUT2D eigenvalue weighted by atomic mass is 10.1. The number of fused-ring (bicyclic) bond motifs is 1. The minimum absolute atomic E-state index is 0.163. The molecule has 4 aromatic rings. The summed E-state index contributed by atoms with van der Waals surface area (Å²) in [6.07, 6.45) is 0. The van der Waals surface area contributed by atoms with Crippen molar-refractivity contribution < 1.29 is 23.2 Å². The standard InChI is InChI=1S/C23H17ClFN3O5/c1-12-8-20-26-15(10-21(29)28(20)33-12)11-32-23(31)16-4-3-5-19(13(16)2)27-22(30)14-6-7-18(25)17(24)9-14/h3-10H,11H2,1-2H3,(H,27,30). The van der Waals surface area contributed by atoms with Crippen molar-refractivity contribution in [2.24, 2.45) is 0 Å². The number of ether oxygens (including phenoxy) is 1. The normalized spacial score (nSPS) is 10.9. The summed E-state index contributed by atoms with van der Waals surface area (Å²) in [6, 6.07) is 11.2. The van der Waals surface area contributed by atoms with Crippen molar-refractivity contribution in [3.63, 3.8) is 0 Å². The first kappa shape index (κ1) is 22.2. The molecular formula is C23H17ClFN3O5. The number of amides is 1. The first-order valence-corrected chi connectivity index (χ1v) is 10.1. The van der Waals surface area contributed by atoms with E-state index in [1.54, 1.807) is 38.1 Å². The quantitative estimate of drug-likeness (QED) is 0.437. The van der Waals surface area contributed by atoms with Gasteiger partial charge in [-0.2, -0.15) is 0 Å². The summed E-state index contributed by atoms with van der Waals surface area (Å²) in [4.78, 5) is 41.5. The molecule has 10 heteroatoms. The van der Waals surface area contributed by atoms with Gasteiger partial charge in [-0.1, -0.05) is 17.7 Å². The number of anilines is 1. The molecule has 1 amide bonds. The monoisotopic (exact) mass is 469 g/mol. The Balaban J connectivity index is 1.49. The third kappa shape index (κ3) is 4.63. The Morgan fingerprint density at radius 3 is 2.73 bits per heavy atom. The maximum Gasteiger partial charge on any atom is 0.338 e. The molecule has 0 saturated carbocycles. The lowest BCUT2D eigenvalue weighted by molar-refractivity contribution is 0.0466. The van der Waals surface area contributed by atoms with Gasteiger partial charge in [0, 0.05) is 23.4 Å². The zero-order valence-electron chi connectivity index (χ0n) is 17.5. The zero-order chi connectivity index (χ0) is 23.7. The van der Waals surface area contributed by atoms with Crippen LogP contribution in [0.1, 0.15) is 37.7 Å². The van der Waals surface area contributed by atoms with E-state index in [1.807, 2.05) is 0 Å². The van der Waals surface area contributed by atoms with E-state index in [0.29, 0.717) is 22.7 Å². The molecule has 0 saturated heterocycles. The van der Waals surface area contributed by atoms with Crippen LogP contribution in [0.5, 0.6) is 0 Å². The Kier molecular flexibility index (Phi) is 5.97. The Morgan fingerprint density at radius 1 is 1.18 bits per heavy atom. The fraction of sp³-hybridized carbons (Fsp3) is 0.130. The van der Waals surface area contributed by atoms with Gasteiger partial charge in [0.2, 0.25) is 0 Å². The Hall–Kier alpha value is -3.98. The average molecular weight is 470 g/mol. The number of esters is 1.